The summed E-state index contributed by atoms with van der Waals surface area (Å²) in [5, 5.41) is 5.07. The first-order valence-electron chi connectivity index (χ1n) is 7.16. The summed E-state index contributed by atoms with van der Waals surface area (Å²) >= 11 is 8.88. The quantitative estimate of drug-likeness (QED) is 0.736. The zero-order valence-corrected chi connectivity index (χ0v) is 15.2. The molecule has 0 saturated carbocycles. The predicted molar refractivity (Wildman–Crippen MR) is 95.0 cm³/mol. The van der Waals surface area contributed by atoms with Gasteiger partial charge >= 0.3 is 0 Å². The Morgan fingerprint density at radius 3 is 2.67 bits per heavy atom. The second-order valence-corrected chi connectivity index (χ2v) is 6.24. The third kappa shape index (κ3) is 4.33. The van der Waals surface area contributed by atoms with Gasteiger partial charge in [0.05, 0.1) is 10.6 Å². The molecule has 0 aliphatic heterocycles. The third-order valence-corrected chi connectivity index (χ3v) is 4.65. The zero-order chi connectivity index (χ0) is 17.7. The Kier molecular flexibility index (Phi) is 6.34. The van der Waals surface area contributed by atoms with E-state index in [2.05, 4.69) is 26.6 Å². The number of hydrogen-bond donors (Lipinski definition) is 2. The lowest BCUT2D eigenvalue weighted by molar-refractivity contribution is 0.0945. The molecule has 2 amide bonds. The van der Waals surface area contributed by atoms with E-state index in [1.807, 2.05) is 6.07 Å². The van der Waals surface area contributed by atoms with E-state index in [1.54, 1.807) is 25.2 Å². The summed E-state index contributed by atoms with van der Waals surface area (Å²) < 4.78 is 14.4. The van der Waals surface area contributed by atoms with Gasteiger partial charge in [0.1, 0.15) is 0 Å². The fraction of sp³-hybridized carbons (Fsp3) is 0.176. The first kappa shape index (κ1) is 18.4. The van der Waals surface area contributed by atoms with E-state index in [-0.39, 0.29) is 16.5 Å². The van der Waals surface area contributed by atoms with Crippen molar-refractivity contribution in [3.05, 3.63) is 68.4 Å². The molecular formula is C17H15BrClFN2O2. The molecule has 0 aliphatic rings. The molecule has 0 fully saturated rings. The van der Waals surface area contributed by atoms with Crippen molar-refractivity contribution in [3.63, 3.8) is 0 Å². The largest absolute Gasteiger partial charge is 0.355 e. The van der Waals surface area contributed by atoms with Crippen molar-refractivity contribution in [1.29, 1.82) is 0 Å². The van der Waals surface area contributed by atoms with E-state index in [1.165, 1.54) is 12.1 Å². The van der Waals surface area contributed by atoms with Crippen molar-refractivity contribution >= 4 is 39.3 Å². The maximum absolute atomic E-state index is 14.0. The lowest BCUT2D eigenvalue weighted by Crippen LogP contribution is -2.26. The number of hydrogen-bond acceptors (Lipinski definition) is 2. The molecule has 2 aromatic carbocycles. The number of amides is 2. The van der Waals surface area contributed by atoms with Crippen LogP contribution < -0.4 is 10.6 Å². The van der Waals surface area contributed by atoms with E-state index >= 15 is 0 Å². The summed E-state index contributed by atoms with van der Waals surface area (Å²) in [6, 6.07) is 9.98. The van der Waals surface area contributed by atoms with Crippen LogP contribution in [-0.2, 0) is 6.42 Å². The Labute approximate surface area is 152 Å². The van der Waals surface area contributed by atoms with Gasteiger partial charge in [-0.3, -0.25) is 9.59 Å². The molecule has 2 N–H and O–H groups in total. The summed E-state index contributed by atoms with van der Waals surface area (Å²) in [5.41, 5.74) is 1.33. The Bertz CT molecular complexity index is 783. The number of rotatable bonds is 5. The summed E-state index contributed by atoms with van der Waals surface area (Å²) in [7, 11) is 1.56. The van der Waals surface area contributed by atoms with Crippen LogP contribution >= 0.6 is 27.5 Å². The highest BCUT2D eigenvalue weighted by molar-refractivity contribution is 9.10. The number of carbonyl (C=O) groups excluding carboxylic acids is 2. The molecule has 7 heteroatoms. The van der Waals surface area contributed by atoms with Crippen molar-refractivity contribution in [2.45, 2.75) is 6.42 Å². The molecular weight excluding hydrogens is 399 g/mol. The molecule has 126 valence electrons. The Hall–Kier alpha value is -1.92. The van der Waals surface area contributed by atoms with Gasteiger partial charge in [-0.25, -0.2) is 4.39 Å². The molecule has 0 saturated heterocycles. The van der Waals surface area contributed by atoms with Crippen LogP contribution in [0.25, 0.3) is 0 Å². The molecule has 0 aromatic heterocycles. The lowest BCUT2D eigenvalue weighted by atomic mass is 10.1. The average Bonchev–Trinajstić information content (AvgIpc) is 2.59. The molecule has 4 nitrogen and oxygen atoms in total. The van der Waals surface area contributed by atoms with Crippen molar-refractivity contribution in [2.24, 2.45) is 0 Å². The van der Waals surface area contributed by atoms with Gasteiger partial charge in [-0.05, 0) is 52.2 Å². The Balaban J connectivity index is 1.98. The second-order valence-electron chi connectivity index (χ2n) is 5.01. The van der Waals surface area contributed by atoms with Crippen LogP contribution in [0.1, 0.15) is 26.3 Å². The Morgan fingerprint density at radius 2 is 1.96 bits per heavy atom. The average molecular weight is 414 g/mol. The van der Waals surface area contributed by atoms with Gasteiger partial charge in [-0.2, -0.15) is 0 Å². The van der Waals surface area contributed by atoms with Crippen LogP contribution in [0, 0.1) is 5.82 Å². The van der Waals surface area contributed by atoms with Gasteiger partial charge in [0.15, 0.2) is 5.82 Å². The van der Waals surface area contributed by atoms with E-state index in [4.69, 9.17) is 11.6 Å². The smallest absolute Gasteiger partial charge is 0.254 e. The van der Waals surface area contributed by atoms with Crippen LogP contribution in [0.2, 0.25) is 5.02 Å². The summed E-state index contributed by atoms with van der Waals surface area (Å²) in [6.07, 6.45) is 0.516. The highest BCUT2D eigenvalue weighted by atomic mass is 79.9. The molecule has 0 unspecified atom stereocenters. The summed E-state index contributed by atoms with van der Waals surface area (Å²) in [6.45, 7) is 0.309. The molecule has 0 atom stereocenters. The number of nitrogens with one attached hydrogen (secondary N) is 2. The first-order chi connectivity index (χ1) is 11.4. The molecule has 24 heavy (non-hydrogen) atoms. The Morgan fingerprint density at radius 1 is 1.21 bits per heavy atom. The molecule has 0 heterocycles. The molecule has 0 aliphatic carbocycles. The highest BCUT2D eigenvalue weighted by Crippen LogP contribution is 2.27. The lowest BCUT2D eigenvalue weighted by Gasteiger charge is -2.08. The molecule has 0 bridgehead atoms. The number of carbonyl (C=O) groups is 2. The SMILES string of the molecule is CNC(=O)c1cccc(CCNC(=O)c2ccc(Br)c(Cl)c2F)c1. The van der Waals surface area contributed by atoms with Gasteiger partial charge < -0.3 is 10.6 Å². The van der Waals surface area contributed by atoms with E-state index in [9.17, 15) is 14.0 Å². The van der Waals surface area contributed by atoms with Crippen LogP contribution in [0.5, 0.6) is 0 Å². The van der Waals surface area contributed by atoms with Crippen LogP contribution in [0.3, 0.4) is 0 Å². The zero-order valence-electron chi connectivity index (χ0n) is 12.8. The minimum Gasteiger partial charge on any atom is -0.355 e. The van der Waals surface area contributed by atoms with Crippen molar-refractivity contribution < 1.29 is 14.0 Å². The van der Waals surface area contributed by atoms with Crippen molar-refractivity contribution in [2.75, 3.05) is 13.6 Å². The minimum absolute atomic E-state index is 0.109. The third-order valence-electron chi connectivity index (χ3n) is 3.40. The van der Waals surface area contributed by atoms with Crippen molar-refractivity contribution in [3.8, 4) is 0 Å². The van der Waals surface area contributed by atoms with Gasteiger partial charge in [0, 0.05) is 23.6 Å². The van der Waals surface area contributed by atoms with Crippen LogP contribution in [0.15, 0.2) is 40.9 Å². The van der Waals surface area contributed by atoms with E-state index in [0.717, 1.165) is 5.56 Å². The standard InChI is InChI=1S/C17H15BrClFN2O2/c1-21-16(23)11-4-2-3-10(9-11)7-8-22-17(24)12-5-6-13(18)14(19)15(12)20/h2-6,9H,7-8H2,1H3,(H,21,23)(H,22,24). The minimum atomic E-state index is -0.759. The second kappa shape index (κ2) is 8.26. The van der Waals surface area contributed by atoms with Crippen LogP contribution in [-0.4, -0.2) is 25.4 Å². The summed E-state index contributed by atoms with van der Waals surface area (Å²) in [5.74, 6) is -1.47. The normalized spacial score (nSPS) is 10.3. The number of halogens is 3. The van der Waals surface area contributed by atoms with Crippen LogP contribution in [0.4, 0.5) is 4.39 Å². The maximum Gasteiger partial charge on any atom is 0.254 e. The molecule has 0 radical (unpaired) electrons. The summed E-state index contributed by atoms with van der Waals surface area (Å²) in [4.78, 5) is 23.6. The molecule has 2 rings (SSSR count). The van der Waals surface area contributed by atoms with Gasteiger partial charge in [0.2, 0.25) is 0 Å². The first-order valence-corrected chi connectivity index (χ1v) is 8.34. The van der Waals surface area contributed by atoms with Crippen molar-refractivity contribution in [1.82, 2.24) is 10.6 Å². The predicted octanol–water partition coefficient (Wildman–Crippen LogP) is 3.57. The maximum atomic E-state index is 14.0. The fourth-order valence-electron chi connectivity index (χ4n) is 2.13. The topological polar surface area (TPSA) is 58.2 Å². The van der Waals surface area contributed by atoms with E-state index in [0.29, 0.717) is 23.0 Å². The van der Waals surface area contributed by atoms with Gasteiger partial charge in [-0.15, -0.1) is 0 Å². The monoisotopic (exact) mass is 412 g/mol. The van der Waals surface area contributed by atoms with Gasteiger partial charge in [0.25, 0.3) is 11.8 Å². The molecule has 2 aromatic rings. The highest BCUT2D eigenvalue weighted by Gasteiger charge is 2.16. The number of benzene rings is 2. The molecule has 0 spiro atoms. The van der Waals surface area contributed by atoms with Gasteiger partial charge in [-0.1, -0.05) is 23.7 Å². The van der Waals surface area contributed by atoms with E-state index < -0.39 is 11.7 Å². The fourth-order valence-corrected chi connectivity index (χ4v) is 2.60.